The Kier molecular flexibility index (Phi) is 2.32. The lowest BCUT2D eigenvalue weighted by Crippen LogP contribution is -2.56. The van der Waals surface area contributed by atoms with E-state index in [1.165, 1.54) is 12.3 Å². The van der Waals surface area contributed by atoms with E-state index < -0.39 is 4.92 Å². The number of anilines is 1. The zero-order chi connectivity index (χ0) is 11.8. The molecule has 0 bridgehead atoms. The molecule has 1 atom stereocenters. The van der Waals surface area contributed by atoms with Crippen LogP contribution >= 0.6 is 0 Å². The number of hydrogen-bond acceptors (Lipinski definition) is 6. The third-order valence-corrected chi connectivity index (χ3v) is 3.08. The number of piperazine rings is 1. The molecule has 7 heteroatoms. The van der Waals surface area contributed by atoms with E-state index in [-0.39, 0.29) is 11.7 Å². The summed E-state index contributed by atoms with van der Waals surface area (Å²) in [6.45, 7) is 3.15. The standard InChI is InChI=1S/C10H12N4O3/c15-14(16)7-3-9-10(12-5-7)13-2-1-11-4-8(13)6-17-9/h3,5,8,11H,1-2,4,6H2. The first-order valence-electron chi connectivity index (χ1n) is 5.50. The van der Waals surface area contributed by atoms with Crippen LogP contribution in [0.3, 0.4) is 0 Å². The van der Waals surface area contributed by atoms with Crippen LogP contribution < -0.4 is 15.0 Å². The van der Waals surface area contributed by atoms with Crippen LogP contribution in [-0.4, -0.2) is 42.2 Å². The van der Waals surface area contributed by atoms with Gasteiger partial charge < -0.3 is 15.0 Å². The van der Waals surface area contributed by atoms with E-state index in [9.17, 15) is 10.1 Å². The van der Waals surface area contributed by atoms with Gasteiger partial charge in [-0.05, 0) is 0 Å². The maximum absolute atomic E-state index is 10.7. The number of nitrogens with one attached hydrogen (secondary N) is 1. The van der Waals surface area contributed by atoms with E-state index in [1.54, 1.807) is 0 Å². The summed E-state index contributed by atoms with van der Waals surface area (Å²) in [5.41, 5.74) is -0.0302. The van der Waals surface area contributed by atoms with Gasteiger partial charge in [0.05, 0.1) is 17.0 Å². The molecule has 1 aromatic rings. The highest BCUT2D eigenvalue weighted by Crippen LogP contribution is 2.34. The maximum atomic E-state index is 10.7. The number of aromatic nitrogens is 1. The van der Waals surface area contributed by atoms with Crippen molar-refractivity contribution in [3.05, 3.63) is 22.4 Å². The molecule has 3 heterocycles. The normalized spacial score (nSPS) is 22.4. The van der Waals surface area contributed by atoms with Gasteiger partial charge in [0.1, 0.15) is 12.8 Å². The fourth-order valence-electron chi connectivity index (χ4n) is 2.22. The fourth-order valence-corrected chi connectivity index (χ4v) is 2.22. The van der Waals surface area contributed by atoms with Gasteiger partial charge in [-0.1, -0.05) is 0 Å². The van der Waals surface area contributed by atoms with Gasteiger partial charge >= 0.3 is 0 Å². The Balaban J connectivity index is 1.97. The zero-order valence-corrected chi connectivity index (χ0v) is 9.13. The molecule has 1 aromatic heterocycles. The molecule has 0 aliphatic carbocycles. The summed E-state index contributed by atoms with van der Waals surface area (Å²) in [5.74, 6) is 1.23. The Morgan fingerprint density at radius 1 is 1.65 bits per heavy atom. The molecule has 1 saturated heterocycles. The highest BCUT2D eigenvalue weighted by molar-refractivity contribution is 5.58. The van der Waals surface area contributed by atoms with Gasteiger partial charge in [-0.25, -0.2) is 4.98 Å². The first-order chi connectivity index (χ1) is 8.25. The Bertz CT molecular complexity index is 465. The number of pyridine rings is 1. The van der Waals surface area contributed by atoms with Gasteiger partial charge in [-0.15, -0.1) is 0 Å². The van der Waals surface area contributed by atoms with Gasteiger partial charge in [0.15, 0.2) is 11.6 Å². The SMILES string of the molecule is O=[N+]([O-])c1cnc2c(c1)OCC1CNCCN21. The first kappa shape index (κ1) is 10.3. The summed E-state index contributed by atoms with van der Waals surface area (Å²) < 4.78 is 5.54. The van der Waals surface area contributed by atoms with Gasteiger partial charge in [0, 0.05) is 19.6 Å². The Hall–Kier alpha value is -1.89. The minimum Gasteiger partial charge on any atom is -0.487 e. The molecule has 0 amide bonds. The lowest BCUT2D eigenvalue weighted by atomic mass is 10.1. The van der Waals surface area contributed by atoms with E-state index in [4.69, 9.17) is 4.74 Å². The third kappa shape index (κ3) is 1.68. The second-order valence-electron chi connectivity index (χ2n) is 4.13. The van der Waals surface area contributed by atoms with Crippen LogP contribution in [0.15, 0.2) is 12.3 Å². The highest BCUT2D eigenvalue weighted by atomic mass is 16.6. The fraction of sp³-hybridized carbons (Fsp3) is 0.500. The average Bonchev–Trinajstić information content (AvgIpc) is 2.38. The van der Waals surface area contributed by atoms with Crippen molar-refractivity contribution in [3.8, 4) is 5.75 Å². The molecule has 1 N–H and O–H groups in total. The van der Waals surface area contributed by atoms with E-state index in [1.807, 2.05) is 0 Å². The molecule has 1 unspecified atom stereocenters. The molecule has 90 valence electrons. The lowest BCUT2D eigenvalue weighted by Gasteiger charge is -2.40. The van der Waals surface area contributed by atoms with Crippen molar-refractivity contribution in [2.75, 3.05) is 31.1 Å². The first-order valence-corrected chi connectivity index (χ1v) is 5.50. The second kappa shape index (κ2) is 3.85. The van der Waals surface area contributed by atoms with E-state index in [0.29, 0.717) is 18.2 Å². The molecular weight excluding hydrogens is 224 g/mol. The minimum atomic E-state index is -0.458. The van der Waals surface area contributed by atoms with Crippen molar-refractivity contribution in [2.45, 2.75) is 6.04 Å². The number of nitro groups is 1. The van der Waals surface area contributed by atoms with Crippen LogP contribution in [0, 0.1) is 10.1 Å². The number of rotatable bonds is 1. The number of nitrogens with zero attached hydrogens (tertiary/aromatic N) is 3. The lowest BCUT2D eigenvalue weighted by molar-refractivity contribution is -0.385. The summed E-state index contributed by atoms with van der Waals surface area (Å²) in [5, 5.41) is 13.9. The largest absolute Gasteiger partial charge is 0.487 e. The minimum absolute atomic E-state index is 0.0302. The maximum Gasteiger partial charge on any atom is 0.291 e. The number of hydrogen-bond donors (Lipinski definition) is 1. The molecule has 0 radical (unpaired) electrons. The quantitative estimate of drug-likeness (QED) is 0.552. The van der Waals surface area contributed by atoms with Crippen molar-refractivity contribution in [1.82, 2.24) is 10.3 Å². The summed E-state index contributed by atoms with van der Waals surface area (Å²) >= 11 is 0. The third-order valence-electron chi connectivity index (χ3n) is 3.08. The summed E-state index contributed by atoms with van der Waals surface area (Å²) in [4.78, 5) is 16.5. The Morgan fingerprint density at radius 2 is 2.53 bits per heavy atom. The molecule has 0 saturated carbocycles. The molecule has 3 rings (SSSR count). The predicted octanol–water partition coefficient (Wildman–Crippen LogP) is 0.160. The smallest absolute Gasteiger partial charge is 0.291 e. The molecule has 2 aliphatic heterocycles. The van der Waals surface area contributed by atoms with E-state index >= 15 is 0 Å². The molecular formula is C10H12N4O3. The number of fused-ring (bicyclic) bond motifs is 3. The van der Waals surface area contributed by atoms with Gasteiger partial charge in [0.2, 0.25) is 0 Å². The van der Waals surface area contributed by atoms with Gasteiger partial charge in [-0.2, -0.15) is 0 Å². The van der Waals surface area contributed by atoms with Crippen LogP contribution in [0.4, 0.5) is 11.5 Å². The predicted molar refractivity (Wildman–Crippen MR) is 60.4 cm³/mol. The van der Waals surface area contributed by atoms with Gasteiger partial charge in [-0.3, -0.25) is 10.1 Å². The molecule has 2 aliphatic rings. The van der Waals surface area contributed by atoms with Crippen molar-refractivity contribution in [1.29, 1.82) is 0 Å². The van der Waals surface area contributed by atoms with Crippen molar-refractivity contribution < 1.29 is 9.66 Å². The average molecular weight is 236 g/mol. The molecule has 1 fully saturated rings. The summed E-state index contributed by atoms with van der Waals surface area (Å²) in [7, 11) is 0. The van der Waals surface area contributed by atoms with Gasteiger partial charge in [0.25, 0.3) is 5.69 Å². The molecule has 0 aromatic carbocycles. The van der Waals surface area contributed by atoms with E-state index in [0.717, 1.165) is 19.6 Å². The van der Waals surface area contributed by atoms with Crippen LogP contribution in [-0.2, 0) is 0 Å². The summed E-state index contributed by atoms with van der Waals surface area (Å²) in [6, 6.07) is 1.71. The summed E-state index contributed by atoms with van der Waals surface area (Å²) in [6.07, 6.45) is 1.28. The molecule has 7 nitrogen and oxygen atoms in total. The molecule has 0 spiro atoms. The van der Waals surface area contributed by atoms with Crippen LogP contribution in [0.25, 0.3) is 0 Å². The van der Waals surface area contributed by atoms with Crippen LogP contribution in [0.5, 0.6) is 5.75 Å². The number of ether oxygens (including phenoxy) is 1. The second-order valence-corrected chi connectivity index (χ2v) is 4.13. The molecule has 17 heavy (non-hydrogen) atoms. The van der Waals surface area contributed by atoms with Crippen molar-refractivity contribution >= 4 is 11.5 Å². The van der Waals surface area contributed by atoms with E-state index in [2.05, 4.69) is 15.2 Å². The Labute approximate surface area is 97.5 Å². The van der Waals surface area contributed by atoms with Crippen molar-refractivity contribution in [3.63, 3.8) is 0 Å². The van der Waals surface area contributed by atoms with Crippen LogP contribution in [0.1, 0.15) is 0 Å². The van der Waals surface area contributed by atoms with Crippen LogP contribution in [0.2, 0.25) is 0 Å². The monoisotopic (exact) mass is 236 g/mol. The highest BCUT2D eigenvalue weighted by Gasteiger charge is 2.31. The zero-order valence-electron chi connectivity index (χ0n) is 9.13. The van der Waals surface area contributed by atoms with Crippen molar-refractivity contribution in [2.24, 2.45) is 0 Å². The topological polar surface area (TPSA) is 80.5 Å². The Morgan fingerprint density at radius 3 is 3.35 bits per heavy atom.